The maximum atomic E-state index is 8.36. The van der Waals surface area contributed by atoms with Crippen LogP contribution in [0.3, 0.4) is 0 Å². The predicted octanol–water partition coefficient (Wildman–Crippen LogP) is 9.83. The Morgan fingerprint density at radius 3 is 2.10 bits per heavy atom. The number of nitrogens with zero attached hydrogens (tertiary/aromatic N) is 3. The molecule has 8 rings (SSSR count). The fourth-order valence-electron chi connectivity index (χ4n) is 5.57. The number of imidazole rings is 1. The van der Waals surface area contributed by atoms with E-state index in [1.807, 2.05) is 66.7 Å². The quantitative estimate of drug-likeness (QED) is 0.171. The van der Waals surface area contributed by atoms with Gasteiger partial charge < -0.3 is 0 Å². The molecule has 0 N–H and O–H groups in total. The number of fused-ring (bicyclic) bond motifs is 9. The summed E-state index contributed by atoms with van der Waals surface area (Å²) in [6.07, 6.45) is 0. The normalized spacial score (nSPS) is 13.4. The topological polar surface area (TPSA) is 21.7 Å². The average Bonchev–Trinajstić information content (AvgIpc) is 3.46. The van der Waals surface area contributed by atoms with Crippen molar-refractivity contribution in [1.82, 2.24) is 9.38 Å². The molecular formula is C36H21N3. The second-order valence-corrected chi connectivity index (χ2v) is 9.61. The van der Waals surface area contributed by atoms with E-state index >= 15 is 0 Å². The van der Waals surface area contributed by atoms with Gasteiger partial charge in [0.15, 0.2) is 5.69 Å². The van der Waals surface area contributed by atoms with Crippen LogP contribution in [0.25, 0.3) is 76.2 Å². The van der Waals surface area contributed by atoms with Crippen molar-refractivity contribution in [1.29, 1.82) is 0 Å². The van der Waals surface area contributed by atoms with E-state index in [4.69, 9.17) is 18.4 Å². The first-order chi connectivity index (χ1) is 21.3. The average molecular weight is 501 g/mol. The second kappa shape index (κ2) is 8.28. The molecule has 0 aliphatic rings. The number of benzene rings is 6. The minimum atomic E-state index is -0.397. The van der Waals surface area contributed by atoms with Crippen molar-refractivity contribution in [2.45, 2.75) is 0 Å². The minimum Gasteiger partial charge on any atom is -0.293 e. The maximum Gasteiger partial charge on any atom is 0.189 e. The van der Waals surface area contributed by atoms with Crippen molar-refractivity contribution in [3.05, 3.63) is 139 Å². The Morgan fingerprint density at radius 2 is 1.31 bits per heavy atom. The summed E-state index contributed by atoms with van der Waals surface area (Å²) in [4.78, 5) is 8.66. The highest BCUT2D eigenvalue weighted by atomic mass is 15.0. The summed E-state index contributed by atoms with van der Waals surface area (Å²) in [5.74, 6) is 0. The second-order valence-electron chi connectivity index (χ2n) is 9.61. The van der Waals surface area contributed by atoms with E-state index in [9.17, 15) is 0 Å². The minimum absolute atomic E-state index is 0.197. The number of hydrogen-bond acceptors (Lipinski definition) is 1. The molecule has 2 heterocycles. The largest absolute Gasteiger partial charge is 0.293 e. The van der Waals surface area contributed by atoms with Crippen LogP contribution >= 0.6 is 0 Å². The molecule has 0 spiro atoms. The Morgan fingerprint density at radius 1 is 0.615 bits per heavy atom. The van der Waals surface area contributed by atoms with Crippen LogP contribution in [0.5, 0.6) is 0 Å². The van der Waals surface area contributed by atoms with Gasteiger partial charge in [0, 0.05) is 16.3 Å². The number of para-hydroxylation sites is 2. The molecule has 8 aromatic rings. The van der Waals surface area contributed by atoms with E-state index in [0.29, 0.717) is 11.3 Å². The summed E-state index contributed by atoms with van der Waals surface area (Å²) in [5, 5.41) is 4.99. The number of rotatable bonds is 2. The molecule has 3 nitrogen and oxygen atoms in total. The Hall–Kier alpha value is -5.46. The molecule has 0 bridgehead atoms. The van der Waals surface area contributed by atoms with Gasteiger partial charge >= 0.3 is 0 Å². The van der Waals surface area contributed by atoms with Crippen LogP contribution in [0.4, 0.5) is 5.69 Å². The Kier molecular flexibility index (Phi) is 3.63. The molecule has 0 aliphatic heterocycles. The molecule has 180 valence electrons. The van der Waals surface area contributed by atoms with Gasteiger partial charge in [0.2, 0.25) is 0 Å². The third kappa shape index (κ3) is 3.32. The third-order valence-corrected chi connectivity index (χ3v) is 7.43. The molecule has 0 atom stereocenters. The van der Waals surface area contributed by atoms with Crippen LogP contribution in [0.1, 0.15) is 6.85 Å². The standard InChI is InChI=1S/C36H21N3/c1-37-29-16-18-30-32-21-28(15-17-31(32)36-38-33-9-5-6-10-34(33)39(36)35(30)22-29)27-14-13-25-19-24(11-12-26(25)20-27)23-7-3-2-4-8-23/h2-22H/i2D,3D,4D,7D,8D. The number of aromatic nitrogens is 2. The molecule has 0 saturated carbocycles. The van der Waals surface area contributed by atoms with E-state index in [1.54, 1.807) is 0 Å². The molecule has 0 radical (unpaired) electrons. The lowest BCUT2D eigenvalue weighted by Crippen LogP contribution is -1.92. The molecular weight excluding hydrogens is 474 g/mol. The molecule has 0 unspecified atom stereocenters. The fraction of sp³-hybridized carbons (Fsp3) is 0. The zero-order valence-electron chi connectivity index (χ0n) is 25.6. The SMILES string of the molecule is [2H]c1c([2H])c([2H])c(-c2ccc3cc(-c4ccc5c(c4)c4ccc([N+]#[C-])cc4n4c6ccccc6nc54)ccc3c2)c([2H])c1[2H]. The van der Waals surface area contributed by atoms with Crippen LogP contribution in [-0.4, -0.2) is 9.38 Å². The summed E-state index contributed by atoms with van der Waals surface area (Å²) in [7, 11) is 0. The van der Waals surface area contributed by atoms with Gasteiger partial charge in [-0.3, -0.25) is 4.40 Å². The van der Waals surface area contributed by atoms with Gasteiger partial charge in [0.05, 0.1) is 24.5 Å². The van der Waals surface area contributed by atoms with Gasteiger partial charge in [-0.05, 0) is 80.9 Å². The van der Waals surface area contributed by atoms with Crippen LogP contribution in [0.2, 0.25) is 0 Å². The van der Waals surface area contributed by atoms with E-state index in [2.05, 4.69) is 39.6 Å². The molecule has 0 saturated heterocycles. The molecule has 0 aliphatic carbocycles. The van der Waals surface area contributed by atoms with E-state index in [-0.39, 0.29) is 29.7 Å². The van der Waals surface area contributed by atoms with Crippen LogP contribution in [0, 0.1) is 6.57 Å². The first kappa shape index (κ1) is 17.1. The molecule has 0 fully saturated rings. The van der Waals surface area contributed by atoms with E-state index in [0.717, 1.165) is 60.3 Å². The molecule has 0 amide bonds. The maximum absolute atomic E-state index is 8.36. The molecule has 6 aromatic carbocycles. The van der Waals surface area contributed by atoms with Gasteiger partial charge in [-0.2, -0.15) is 0 Å². The number of hydrogen-bond donors (Lipinski definition) is 0. The van der Waals surface area contributed by atoms with Crippen molar-refractivity contribution < 1.29 is 6.85 Å². The van der Waals surface area contributed by atoms with Crippen LogP contribution < -0.4 is 0 Å². The lowest BCUT2D eigenvalue weighted by molar-refractivity contribution is 1.32. The summed E-state index contributed by atoms with van der Waals surface area (Å²) in [6.45, 7) is 7.60. The lowest BCUT2D eigenvalue weighted by atomic mass is 9.96. The first-order valence-electron chi connectivity index (χ1n) is 15.1. The smallest absolute Gasteiger partial charge is 0.189 e. The highest BCUT2D eigenvalue weighted by Crippen LogP contribution is 2.37. The van der Waals surface area contributed by atoms with Crippen molar-refractivity contribution in [3.63, 3.8) is 0 Å². The molecule has 3 heteroatoms. The van der Waals surface area contributed by atoms with Crippen molar-refractivity contribution in [2.24, 2.45) is 0 Å². The highest BCUT2D eigenvalue weighted by Gasteiger charge is 2.15. The zero-order valence-corrected chi connectivity index (χ0v) is 20.6. The van der Waals surface area contributed by atoms with E-state index in [1.165, 1.54) is 0 Å². The first-order valence-corrected chi connectivity index (χ1v) is 12.6. The van der Waals surface area contributed by atoms with E-state index < -0.39 is 6.04 Å². The summed E-state index contributed by atoms with van der Waals surface area (Å²) >= 11 is 0. The van der Waals surface area contributed by atoms with Gasteiger partial charge in [0.1, 0.15) is 5.65 Å². The summed E-state index contributed by atoms with van der Waals surface area (Å²) < 4.78 is 42.9. The Balaban J connectivity index is 1.31. The summed E-state index contributed by atoms with van der Waals surface area (Å²) in [5.41, 5.74) is 7.09. The van der Waals surface area contributed by atoms with Crippen molar-refractivity contribution >= 4 is 54.8 Å². The molecule has 2 aromatic heterocycles. The summed E-state index contributed by atoms with van der Waals surface area (Å²) in [6, 6.07) is 30.5. The van der Waals surface area contributed by atoms with Crippen LogP contribution in [0.15, 0.2) is 127 Å². The van der Waals surface area contributed by atoms with Crippen molar-refractivity contribution in [3.8, 4) is 22.3 Å². The van der Waals surface area contributed by atoms with Gasteiger partial charge in [-0.25, -0.2) is 9.83 Å². The van der Waals surface area contributed by atoms with Gasteiger partial charge in [0.25, 0.3) is 0 Å². The number of pyridine rings is 1. The van der Waals surface area contributed by atoms with Crippen LogP contribution in [-0.2, 0) is 0 Å². The fourth-order valence-corrected chi connectivity index (χ4v) is 5.57. The van der Waals surface area contributed by atoms with Gasteiger partial charge in [-0.1, -0.05) is 84.8 Å². The lowest BCUT2D eigenvalue weighted by Gasteiger charge is -2.12. The Labute approximate surface area is 232 Å². The highest BCUT2D eigenvalue weighted by molar-refractivity contribution is 6.15. The third-order valence-electron chi connectivity index (χ3n) is 7.43. The van der Waals surface area contributed by atoms with Gasteiger partial charge in [-0.15, -0.1) is 0 Å². The molecule has 39 heavy (non-hydrogen) atoms. The zero-order chi connectivity index (χ0) is 30.3. The predicted molar refractivity (Wildman–Crippen MR) is 162 cm³/mol. The Bertz CT molecular complexity index is 2550. The monoisotopic (exact) mass is 500 g/mol. The van der Waals surface area contributed by atoms with Crippen molar-refractivity contribution in [2.75, 3.05) is 0 Å².